The SMILES string of the molecule is CC(C)c1nsc(N(CCC(N)=S)Cc2cccnc2)n1. The molecule has 2 aromatic rings. The van der Waals surface area contributed by atoms with Crippen LogP contribution in [-0.2, 0) is 6.54 Å². The molecule has 0 aliphatic heterocycles. The number of thiocarbonyl (C=S) groups is 1. The fraction of sp³-hybridized carbons (Fsp3) is 0.429. The molecule has 0 aliphatic carbocycles. The Labute approximate surface area is 134 Å². The maximum atomic E-state index is 5.63. The molecule has 0 bridgehead atoms. The van der Waals surface area contributed by atoms with E-state index in [-0.39, 0.29) is 0 Å². The molecule has 5 nitrogen and oxygen atoms in total. The highest BCUT2D eigenvalue weighted by Gasteiger charge is 2.15. The average molecular weight is 321 g/mol. The van der Waals surface area contributed by atoms with E-state index in [9.17, 15) is 0 Å². The first-order valence-electron chi connectivity index (χ1n) is 6.82. The van der Waals surface area contributed by atoms with Gasteiger partial charge in [-0.3, -0.25) is 4.98 Å². The number of nitrogens with two attached hydrogens (primary N) is 1. The van der Waals surface area contributed by atoms with E-state index in [0.29, 0.717) is 17.3 Å². The van der Waals surface area contributed by atoms with Crippen LogP contribution in [-0.4, -0.2) is 25.9 Å². The lowest BCUT2D eigenvalue weighted by molar-refractivity contribution is 0.769. The minimum absolute atomic E-state index is 0.325. The lowest BCUT2D eigenvalue weighted by atomic mass is 10.2. The minimum Gasteiger partial charge on any atom is -0.393 e. The zero-order chi connectivity index (χ0) is 15.2. The van der Waals surface area contributed by atoms with Gasteiger partial charge in [0, 0.05) is 49.4 Å². The van der Waals surface area contributed by atoms with Crippen molar-refractivity contribution in [2.45, 2.75) is 32.7 Å². The van der Waals surface area contributed by atoms with Gasteiger partial charge in [-0.15, -0.1) is 0 Å². The van der Waals surface area contributed by atoms with Gasteiger partial charge in [0.25, 0.3) is 0 Å². The Hall–Kier alpha value is -1.60. The van der Waals surface area contributed by atoms with E-state index in [1.165, 1.54) is 11.5 Å². The summed E-state index contributed by atoms with van der Waals surface area (Å²) in [6, 6.07) is 3.98. The highest BCUT2D eigenvalue weighted by atomic mass is 32.1. The van der Waals surface area contributed by atoms with Crippen molar-refractivity contribution in [3.05, 3.63) is 35.9 Å². The van der Waals surface area contributed by atoms with Gasteiger partial charge in [0.2, 0.25) is 5.13 Å². The summed E-state index contributed by atoms with van der Waals surface area (Å²) in [7, 11) is 0. The molecule has 0 amide bonds. The van der Waals surface area contributed by atoms with Crippen molar-refractivity contribution in [1.82, 2.24) is 14.3 Å². The lowest BCUT2D eigenvalue weighted by Crippen LogP contribution is -2.27. The fourth-order valence-electron chi connectivity index (χ4n) is 1.79. The molecule has 0 aromatic carbocycles. The predicted molar refractivity (Wildman–Crippen MR) is 90.7 cm³/mol. The largest absolute Gasteiger partial charge is 0.393 e. The van der Waals surface area contributed by atoms with Gasteiger partial charge in [-0.2, -0.15) is 4.37 Å². The molecule has 0 fully saturated rings. The Morgan fingerprint density at radius 3 is 2.86 bits per heavy atom. The van der Waals surface area contributed by atoms with Gasteiger partial charge < -0.3 is 10.6 Å². The number of rotatable bonds is 7. The zero-order valence-electron chi connectivity index (χ0n) is 12.2. The second kappa shape index (κ2) is 7.42. The number of hydrogen-bond donors (Lipinski definition) is 1. The molecule has 2 N–H and O–H groups in total. The van der Waals surface area contributed by atoms with Crippen LogP contribution in [0.1, 0.15) is 37.6 Å². The fourth-order valence-corrected chi connectivity index (χ4v) is 2.71. The third-order valence-corrected chi connectivity index (χ3v) is 3.94. The molecule has 2 rings (SSSR count). The summed E-state index contributed by atoms with van der Waals surface area (Å²) in [6.07, 6.45) is 4.29. The molecule has 21 heavy (non-hydrogen) atoms. The summed E-state index contributed by atoms with van der Waals surface area (Å²) in [6.45, 7) is 5.64. The van der Waals surface area contributed by atoms with Crippen LogP contribution in [0.25, 0.3) is 0 Å². The third kappa shape index (κ3) is 4.71. The monoisotopic (exact) mass is 321 g/mol. The highest BCUT2D eigenvalue weighted by Crippen LogP contribution is 2.23. The van der Waals surface area contributed by atoms with Crippen LogP contribution < -0.4 is 10.6 Å². The number of nitrogens with zero attached hydrogens (tertiary/aromatic N) is 4. The van der Waals surface area contributed by atoms with Crippen LogP contribution in [0, 0.1) is 0 Å². The lowest BCUT2D eigenvalue weighted by Gasteiger charge is -2.21. The van der Waals surface area contributed by atoms with E-state index in [4.69, 9.17) is 18.0 Å². The molecule has 7 heteroatoms. The molecule has 2 heterocycles. The van der Waals surface area contributed by atoms with E-state index >= 15 is 0 Å². The molecule has 0 radical (unpaired) electrons. The highest BCUT2D eigenvalue weighted by molar-refractivity contribution is 7.80. The summed E-state index contributed by atoms with van der Waals surface area (Å²) in [5, 5.41) is 0.902. The standard InChI is InChI=1S/C14H19N5S2/c1-10(2)13-17-14(21-18-13)19(7-5-12(15)20)9-11-4-3-6-16-8-11/h3-4,6,8,10H,5,7,9H2,1-2H3,(H2,15,20). The smallest absolute Gasteiger partial charge is 0.205 e. The summed E-state index contributed by atoms with van der Waals surface area (Å²) in [5.41, 5.74) is 6.75. The Kier molecular flexibility index (Phi) is 5.58. The number of hydrogen-bond acceptors (Lipinski definition) is 6. The molecule has 112 valence electrons. The molecule has 0 saturated carbocycles. The van der Waals surface area contributed by atoms with E-state index in [0.717, 1.165) is 29.6 Å². The van der Waals surface area contributed by atoms with Crippen molar-refractivity contribution in [3.63, 3.8) is 0 Å². The minimum atomic E-state index is 0.325. The summed E-state index contributed by atoms with van der Waals surface area (Å²) in [5.74, 6) is 1.20. The summed E-state index contributed by atoms with van der Waals surface area (Å²) >= 11 is 6.40. The van der Waals surface area contributed by atoms with Gasteiger partial charge in [0.05, 0.1) is 4.99 Å². The molecular weight excluding hydrogens is 302 g/mol. The first-order chi connectivity index (χ1) is 10.1. The van der Waals surface area contributed by atoms with Crippen LogP contribution in [0.4, 0.5) is 5.13 Å². The maximum absolute atomic E-state index is 5.63. The first kappa shape index (κ1) is 15.8. The second-order valence-corrected chi connectivity index (χ2v) is 6.34. The van der Waals surface area contributed by atoms with Gasteiger partial charge in [-0.1, -0.05) is 32.1 Å². The van der Waals surface area contributed by atoms with E-state index < -0.39 is 0 Å². The Balaban J connectivity index is 2.16. The number of anilines is 1. The summed E-state index contributed by atoms with van der Waals surface area (Å²) in [4.78, 5) is 11.4. The van der Waals surface area contributed by atoms with Crippen molar-refractivity contribution >= 4 is 33.9 Å². The van der Waals surface area contributed by atoms with Crippen LogP contribution >= 0.6 is 23.8 Å². The van der Waals surface area contributed by atoms with Crippen molar-refractivity contribution in [2.75, 3.05) is 11.4 Å². The maximum Gasteiger partial charge on any atom is 0.205 e. The average Bonchev–Trinajstić information content (AvgIpc) is 2.94. The van der Waals surface area contributed by atoms with Crippen molar-refractivity contribution in [2.24, 2.45) is 5.73 Å². The quantitative estimate of drug-likeness (QED) is 0.791. The van der Waals surface area contributed by atoms with Gasteiger partial charge >= 0.3 is 0 Å². The summed E-state index contributed by atoms with van der Waals surface area (Å²) < 4.78 is 4.41. The molecule has 0 atom stereocenters. The molecule has 2 aromatic heterocycles. The second-order valence-electron chi connectivity index (χ2n) is 5.09. The van der Waals surface area contributed by atoms with Crippen molar-refractivity contribution < 1.29 is 0 Å². The van der Waals surface area contributed by atoms with Gasteiger partial charge in [-0.25, -0.2) is 4.98 Å². The van der Waals surface area contributed by atoms with Crippen LogP contribution in [0.5, 0.6) is 0 Å². The first-order valence-corrected chi connectivity index (χ1v) is 8.00. The van der Waals surface area contributed by atoms with E-state index in [1.807, 2.05) is 18.3 Å². The topological polar surface area (TPSA) is 67.9 Å². The van der Waals surface area contributed by atoms with Crippen LogP contribution in [0.2, 0.25) is 0 Å². The van der Waals surface area contributed by atoms with Crippen LogP contribution in [0.3, 0.4) is 0 Å². The number of pyridine rings is 1. The molecule has 0 saturated heterocycles. The zero-order valence-corrected chi connectivity index (χ0v) is 13.8. The number of aromatic nitrogens is 3. The van der Waals surface area contributed by atoms with Gasteiger partial charge in [-0.05, 0) is 11.6 Å². The molecule has 0 aliphatic rings. The van der Waals surface area contributed by atoms with E-state index in [2.05, 4.69) is 33.1 Å². The predicted octanol–water partition coefficient (Wildman–Crippen LogP) is 2.74. The van der Waals surface area contributed by atoms with Gasteiger partial charge in [0.1, 0.15) is 5.82 Å². The molecular formula is C14H19N5S2. The molecule has 0 spiro atoms. The van der Waals surface area contributed by atoms with Crippen molar-refractivity contribution in [1.29, 1.82) is 0 Å². The Bertz CT molecular complexity index is 582. The van der Waals surface area contributed by atoms with Crippen molar-refractivity contribution in [3.8, 4) is 0 Å². The van der Waals surface area contributed by atoms with Gasteiger partial charge in [0.15, 0.2) is 0 Å². The normalized spacial score (nSPS) is 10.8. The Morgan fingerprint density at radius 1 is 1.48 bits per heavy atom. The van der Waals surface area contributed by atoms with Crippen LogP contribution in [0.15, 0.2) is 24.5 Å². The Morgan fingerprint density at radius 2 is 2.29 bits per heavy atom. The molecule has 0 unspecified atom stereocenters. The van der Waals surface area contributed by atoms with E-state index in [1.54, 1.807) is 6.20 Å². The third-order valence-electron chi connectivity index (χ3n) is 2.94.